The maximum Gasteiger partial charge on any atom is 0.242 e. The highest BCUT2D eigenvalue weighted by atomic mass is 32.2. The number of hydrogen-bond acceptors (Lipinski definition) is 4. The lowest BCUT2D eigenvalue weighted by Gasteiger charge is -2.16. The SMILES string of the molecule is CCC(C(N)=S)S(=O)(=O)Nc1cccc2cccnc12. The monoisotopic (exact) mass is 309 g/mol. The maximum atomic E-state index is 12.3. The summed E-state index contributed by atoms with van der Waals surface area (Å²) >= 11 is 4.82. The summed E-state index contributed by atoms with van der Waals surface area (Å²) in [5, 5.41) is -0.0347. The number of nitrogens with one attached hydrogen (secondary N) is 1. The molecule has 106 valence electrons. The summed E-state index contributed by atoms with van der Waals surface area (Å²) in [7, 11) is -3.67. The number of hydrogen-bond donors (Lipinski definition) is 2. The summed E-state index contributed by atoms with van der Waals surface area (Å²) in [5.74, 6) is 0. The molecule has 1 aromatic carbocycles. The molecule has 0 bridgehead atoms. The second-order valence-electron chi connectivity index (χ2n) is 4.33. The number of nitrogens with two attached hydrogens (primary N) is 1. The van der Waals surface area contributed by atoms with Gasteiger partial charge in [0.25, 0.3) is 0 Å². The highest BCUT2D eigenvalue weighted by Gasteiger charge is 2.26. The van der Waals surface area contributed by atoms with Crippen molar-refractivity contribution in [1.82, 2.24) is 4.98 Å². The molecule has 0 aliphatic heterocycles. The number of fused-ring (bicyclic) bond motifs is 1. The van der Waals surface area contributed by atoms with Crippen LogP contribution in [0.2, 0.25) is 0 Å². The van der Waals surface area contributed by atoms with Gasteiger partial charge >= 0.3 is 0 Å². The first-order chi connectivity index (χ1) is 9.45. The number of anilines is 1. The third-order valence-corrected chi connectivity index (χ3v) is 5.22. The zero-order valence-electron chi connectivity index (χ0n) is 10.9. The van der Waals surface area contributed by atoms with Crippen LogP contribution in [0, 0.1) is 0 Å². The molecule has 0 saturated carbocycles. The van der Waals surface area contributed by atoms with E-state index in [0.29, 0.717) is 17.6 Å². The van der Waals surface area contributed by atoms with Crippen LogP contribution >= 0.6 is 12.2 Å². The van der Waals surface area contributed by atoms with Crippen LogP contribution in [0.3, 0.4) is 0 Å². The van der Waals surface area contributed by atoms with E-state index in [9.17, 15) is 8.42 Å². The van der Waals surface area contributed by atoms with Crippen LogP contribution in [-0.2, 0) is 10.0 Å². The van der Waals surface area contributed by atoms with Crippen LogP contribution in [0.25, 0.3) is 10.9 Å². The molecule has 1 aromatic heterocycles. The van der Waals surface area contributed by atoms with Crippen molar-refractivity contribution >= 4 is 43.8 Å². The van der Waals surface area contributed by atoms with E-state index in [0.717, 1.165) is 5.39 Å². The molecule has 2 aromatic rings. The fraction of sp³-hybridized carbons (Fsp3) is 0.231. The van der Waals surface area contributed by atoms with Gasteiger partial charge in [-0.1, -0.05) is 37.3 Å². The second-order valence-corrected chi connectivity index (χ2v) is 6.66. The summed E-state index contributed by atoms with van der Waals surface area (Å²) in [4.78, 5) is 4.17. The van der Waals surface area contributed by atoms with E-state index in [1.165, 1.54) is 0 Å². The zero-order chi connectivity index (χ0) is 14.8. The molecule has 2 rings (SSSR count). The number of nitrogens with zero attached hydrogens (tertiary/aromatic N) is 1. The molecule has 0 fully saturated rings. The van der Waals surface area contributed by atoms with E-state index in [2.05, 4.69) is 9.71 Å². The van der Waals surface area contributed by atoms with E-state index in [1.807, 2.05) is 12.1 Å². The van der Waals surface area contributed by atoms with Crippen molar-refractivity contribution in [2.75, 3.05) is 4.72 Å². The van der Waals surface area contributed by atoms with Crippen molar-refractivity contribution in [2.24, 2.45) is 5.73 Å². The molecule has 5 nitrogen and oxygen atoms in total. The molecule has 1 heterocycles. The number of rotatable bonds is 5. The van der Waals surface area contributed by atoms with Gasteiger partial charge in [0.15, 0.2) is 0 Å². The fourth-order valence-electron chi connectivity index (χ4n) is 1.98. The fourth-order valence-corrected chi connectivity index (χ4v) is 3.89. The Morgan fingerprint density at radius 3 is 2.75 bits per heavy atom. The molecule has 0 radical (unpaired) electrons. The Morgan fingerprint density at radius 1 is 1.40 bits per heavy atom. The summed E-state index contributed by atoms with van der Waals surface area (Å²) in [6, 6.07) is 8.96. The molecule has 0 amide bonds. The first-order valence-corrected chi connectivity index (χ1v) is 8.06. The third kappa shape index (κ3) is 2.88. The van der Waals surface area contributed by atoms with Crippen LogP contribution in [0.15, 0.2) is 36.5 Å². The Kier molecular flexibility index (Phi) is 4.20. The second kappa shape index (κ2) is 5.72. The topological polar surface area (TPSA) is 85.1 Å². The predicted octanol–water partition coefficient (Wildman–Crippen LogP) is 2.04. The van der Waals surface area contributed by atoms with Crippen molar-refractivity contribution in [3.8, 4) is 0 Å². The van der Waals surface area contributed by atoms with Gasteiger partial charge in [-0.3, -0.25) is 9.71 Å². The van der Waals surface area contributed by atoms with Crippen LogP contribution in [0.4, 0.5) is 5.69 Å². The van der Waals surface area contributed by atoms with Crippen LogP contribution in [0.1, 0.15) is 13.3 Å². The van der Waals surface area contributed by atoms with Gasteiger partial charge in [-0.25, -0.2) is 8.42 Å². The quantitative estimate of drug-likeness (QED) is 0.826. The highest BCUT2D eigenvalue weighted by molar-refractivity contribution is 7.95. The summed E-state index contributed by atoms with van der Waals surface area (Å²) < 4.78 is 27.2. The van der Waals surface area contributed by atoms with Gasteiger partial charge in [-0.05, 0) is 18.6 Å². The number of benzene rings is 1. The van der Waals surface area contributed by atoms with Crippen molar-refractivity contribution < 1.29 is 8.42 Å². The Labute approximate surface area is 123 Å². The van der Waals surface area contributed by atoms with Gasteiger partial charge in [0.1, 0.15) is 5.25 Å². The molecule has 0 aliphatic rings. The molecule has 7 heteroatoms. The van der Waals surface area contributed by atoms with Crippen LogP contribution in [-0.4, -0.2) is 23.6 Å². The summed E-state index contributed by atoms with van der Waals surface area (Å²) in [6.07, 6.45) is 1.94. The highest BCUT2D eigenvalue weighted by Crippen LogP contribution is 2.23. The Balaban J connectivity index is 2.44. The van der Waals surface area contributed by atoms with E-state index in [1.54, 1.807) is 31.3 Å². The zero-order valence-corrected chi connectivity index (χ0v) is 12.5. The molecule has 0 aliphatic carbocycles. The molecule has 0 spiro atoms. The smallest absolute Gasteiger partial charge is 0.242 e. The molecule has 3 N–H and O–H groups in total. The Bertz CT molecular complexity index is 739. The van der Waals surface area contributed by atoms with Gasteiger partial charge in [0, 0.05) is 11.6 Å². The number of pyridine rings is 1. The van der Waals surface area contributed by atoms with Crippen LogP contribution in [0.5, 0.6) is 0 Å². The van der Waals surface area contributed by atoms with Gasteiger partial charge in [-0.15, -0.1) is 0 Å². The summed E-state index contributed by atoms with van der Waals surface area (Å²) in [6.45, 7) is 1.73. The minimum atomic E-state index is -3.67. The third-order valence-electron chi connectivity index (χ3n) is 2.95. The average molecular weight is 309 g/mol. The lowest BCUT2D eigenvalue weighted by Crippen LogP contribution is -2.37. The number of aromatic nitrogens is 1. The normalized spacial score (nSPS) is 13.1. The number of sulfonamides is 1. The van der Waals surface area contributed by atoms with Crippen LogP contribution < -0.4 is 10.5 Å². The largest absolute Gasteiger partial charge is 0.392 e. The lowest BCUT2D eigenvalue weighted by molar-refractivity contribution is 0.594. The first kappa shape index (κ1) is 14.7. The average Bonchev–Trinajstić information content (AvgIpc) is 2.38. The van der Waals surface area contributed by atoms with Gasteiger partial charge in [0.05, 0.1) is 16.2 Å². The standard InChI is InChI=1S/C13H15N3O2S2/c1-2-11(13(14)19)20(17,18)16-10-7-3-5-9-6-4-8-15-12(9)10/h3-8,11,16H,2H2,1H3,(H2,14,19). The van der Waals surface area contributed by atoms with Crippen molar-refractivity contribution in [1.29, 1.82) is 0 Å². The van der Waals surface area contributed by atoms with Crippen molar-refractivity contribution in [3.05, 3.63) is 36.5 Å². The molecule has 1 unspecified atom stereocenters. The van der Waals surface area contributed by atoms with Gasteiger partial charge < -0.3 is 5.73 Å². The van der Waals surface area contributed by atoms with E-state index in [4.69, 9.17) is 18.0 Å². The Morgan fingerprint density at radius 2 is 2.10 bits per heavy atom. The molecular weight excluding hydrogens is 294 g/mol. The maximum absolute atomic E-state index is 12.3. The van der Waals surface area contributed by atoms with E-state index < -0.39 is 15.3 Å². The molecular formula is C13H15N3O2S2. The van der Waals surface area contributed by atoms with E-state index >= 15 is 0 Å². The van der Waals surface area contributed by atoms with Crippen molar-refractivity contribution in [3.63, 3.8) is 0 Å². The van der Waals surface area contributed by atoms with Crippen molar-refractivity contribution in [2.45, 2.75) is 18.6 Å². The van der Waals surface area contributed by atoms with E-state index in [-0.39, 0.29) is 4.99 Å². The molecule has 20 heavy (non-hydrogen) atoms. The first-order valence-electron chi connectivity index (χ1n) is 6.10. The van der Waals surface area contributed by atoms with Gasteiger partial charge in [-0.2, -0.15) is 0 Å². The summed E-state index contributed by atoms with van der Waals surface area (Å²) in [5.41, 5.74) is 6.52. The predicted molar refractivity (Wildman–Crippen MR) is 85.1 cm³/mol. The van der Waals surface area contributed by atoms with Gasteiger partial charge in [0.2, 0.25) is 10.0 Å². The molecule has 1 atom stereocenters. The number of para-hydroxylation sites is 1. The minimum Gasteiger partial charge on any atom is -0.392 e. The minimum absolute atomic E-state index is 0.0341. The Hall–Kier alpha value is -1.73. The lowest BCUT2D eigenvalue weighted by atomic mass is 10.2. The molecule has 0 saturated heterocycles. The number of thiocarbonyl (C=S) groups is 1.